The second-order valence-corrected chi connectivity index (χ2v) is 14.2. The van der Waals surface area contributed by atoms with Gasteiger partial charge < -0.3 is 20.2 Å². The number of amides is 1. The Balaban J connectivity index is 0.895. The van der Waals surface area contributed by atoms with Crippen molar-refractivity contribution in [3.63, 3.8) is 0 Å². The Bertz CT molecular complexity index is 2220. The van der Waals surface area contributed by atoms with Gasteiger partial charge in [0.15, 0.2) is 5.82 Å². The number of unbranched alkanes of at least 4 members (excludes halogenated alkanes) is 2. The molecule has 0 radical (unpaired) electrons. The first-order valence-electron chi connectivity index (χ1n) is 19.2. The van der Waals surface area contributed by atoms with Crippen LogP contribution >= 0.6 is 0 Å². The number of fused-ring (bicyclic) bond motifs is 2. The Morgan fingerprint density at radius 1 is 0.855 bits per heavy atom. The van der Waals surface area contributed by atoms with E-state index in [9.17, 15) is 9.59 Å². The first-order valence-corrected chi connectivity index (χ1v) is 19.2. The molecule has 1 amide bonds. The molecular formula is C45H47N7O3. The van der Waals surface area contributed by atoms with Gasteiger partial charge in [0.25, 0.3) is 5.91 Å². The molecule has 0 atom stereocenters. The second-order valence-electron chi connectivity index (χ2n) is 14.2. The number of hydrogen-bond donors (Lipinski definition) is 2. The van der Waals surface area contributed by atoms with E-state index in [0.29, 0.717) is 30.9 Å². The van der Waals surface area contributed by atoms with Crippen molar-refractivity contribution in [1.29, 1.82) is 0 Å². The number of para-hydroxylation sites is 1. The fraction of sp³-hybridized carbons (Fsp3) is 0.311. The van der Waals surface area contributed by atoms with Crippen LogP contribution in [0.1, 0.15) is 64.0 Å². The van der Waals surface area contributed by atoms with Crippen molar-refractivity contribution in [3.8, 4) is 23.2 Å². The number of carboxylic acid groups (broad SMARTS) is 1. The number of aromatic nitrogens is 3. The van der Waals surface area contributed by atoms with Crippen LogP contribution in [0.2, 0.25) is 0 Å². The van der Waals surface area contributed by atoms with Gasteiger partial charge in [-0.2, -0.15) is 0 Å². The largest absolute Gasteiger partial charge is 0.481 e. The zero-order chi connectivity index (χ0) is 38.0. The summed E-state index contributed by atoms with van der Waals surface area (Å²) < 4.78 is 0. The lowest BCUT2D eigenvalue weighted by atomic mass is 10.0. The summed E-state index contributed by atoms with van der Waals surface area (Å²) in [4.78, 5) is 45.4. The van der Waals surface area contributed by atoms with Crippen molar-refractivity contribution in [2.45, 2.75) is 38.6 Å². The fourth-order valence-electron chi connectivity index (χ4n) is 7.14. The third-order valence-corrected chi connectivity index (χ3v) is 10.3. The van der Waals surface area contributed by atoms with E-state index in [4.69, 9.17) is 15.1 Å². The van der Waals surface area contributed by atoms with Gasteiger partial charge in [0.05, 0.1) is 24.3 Å². The van der Waals surface area contributed by atoms with E-state index >= 15 is 0 Å². The molecule has 3 aromatic carbocycles. The summed E-state index contributed by atoms with van der Waals surface area (Å²) in [5.41, 5.74) is 7.41. The van der Waals surface area contributed by atoms with Gasteiger partial charge in [-0.1, -0.05) is 72.9 Å². The highest BCUT2D eigenvalue weighted by molar-refractivity contribution is 5.94. The van der Waals surface area contributed by atoms with Crippen LogP contribution in [-0.2, 0) is 17.8 Å². The van der Waals surface area contributed by atoms with E-state index in [1.54, 1.807) is 6.20 Å². The van der Waals surface area contributed by atoms with E-state index in [0.717, 1.165) is 109 Å². The average molecular weight is 734 g/mol. The minimum Gasteiger partial charge on any atom is -0.481 e. The maximum atomic E-state index is 13.6. The number of rotatable bonds is 12. The summed E-state index contributed by atoms with van der Waals surface area (Å²) in [5, 5.41) is 13.0. The number of anilines is 1. The van der Waals surface area contributed by atoms with Crippen molar-refractivity contribution in [2.24, 2.45) is 0 Å². The number of carbonyl (C=O) groups is 2. The van der Waals surface area contributed by atoms with E-state index in [1.807, 2.05) is 60.5 Å². The lowest BCUT2D eigenvalue weighted by molar-refractivity contribution is -0.137. The second kappa shape index (κ2) is 18.0. The summed E-state index contributed by atoms with van der Waals surface area (Å²) in [6, 6.07) is 26.1. The van der Waals surface area contributed by atoms with Crippen LogP contribution in [-0.4, -0.2) is 99.5 Å². The number of nitrogens with one attached hydrogen (secondary N) is 1. The molecule has 2 N–H and O–H groups in total. The molecule has 55 heavy (non-hydrogen) atoms. The third-order valence-electron chi connectivity index (χ3n) is 10.3. The Labute approximate surface area is 322 Å². The van der Waals surface area contributed by atoms with Crippen molar-refractivity contribution >= 4 is 40.7 Å². The minimum absolute atomic E-state index is 0.0135. The van der Waals surface area contributed by atoms with E-state index in [-0.39, 0.29) is 12.3 Å². The number of hydrogen-bond acceptors (Lipinski definition) is 8. The molecule has 0 spiro atoms. The molecule has 0 saturated carbocycles. The molecule has 5 aromatic rings. The van der Waals surface area contributed by atoms with Crippen LogP contribution in [0.25, 0.3) is 34.4 Å². The van der Waals surface area contributed by atoms with Crippen LogP contribution in [0.15, 0.2) is 85.1 Å². The summed E-state index contributed by atoms with van der Waals surface area (Å²) in [7, 11) is 1.87. The molecule has 0 aliphatic carbocycles. The zero-order valence-corrected chi connectivity index (χ0v) is 31.4. The number of carbonyl (C=O) groups excluding carboxylic acids is 1. The smallest absolute Gasteiger partial charge is 0.303 e. The van der Waals surface area contributed by atoms with Crippen molar-refractivity contribution in [3.05, 3.63) is 119 Å². The van der Waals surface area contributed by atoms with Gasteiger partial charge in [0.1, 0.15) is 5.82 Å². The average Bonchev–Trinajstić information content (AvgIpc) is 3.22. The summed E-state index contributed by atoms with van der Waals surface area (Å²) in [5.74, 6) is 7.31. The molecule has 1 fully saturated rings. The number of benzene rings is 3. The van der Waals surface area contributed by atoms with Crippen LogP contribution in [0.5, 0.6) is 0 Å². The van der Waals surface area contributed by atoms with Gasteiger partial charge >= 0.3 is 5.97 Å². The molecule has 0 bridgehead atoms. The molecule has 2 aliphatic heterocycles. The predicted octanol–water partition coefficient (Wildman–Crippen LogP) is 6.72. The van der Waals surface area contributed by atoms with Crippen molar-refractivity contribution in [2.75, 3.05) is 58.2 Å². The molecule has 10 heteroatoms. The fourth-order valence-corrected chi connectivity index (χ4v) is 7.14. The normalized spacial score (nSPS) is 14.7. The number of carboxylic acids is 1. The van der Waals surface area contributed by atoms with Gasteiger partial charge in [-0.25, -0.2) is 9.97 Å². The van der Waals surface area contributed by atoms with Gasteiger partial charge in [-0.15, -0.1) is 0 Å². The van der Waals surface area contributed by atoms with Gasteiger partial charge in [0.2, 0.25) is 0 Å². The lowest BCUT2D eigenvalue weighted by Crippen LogP contribution is -2.46. The Morgan fingerprint density at radius 2 is 1.58 bits per heavy atom. The molecule has 280 valence electrons. The molecule has 0 unspecified atom stereocenters. The topological polar surface area (TPSA) is 115 Å². The molecule has 2 aliphatic rings. The molecule has 10 nitrogen and oxygen atoms in total. The van der Waals surface area contributed by atoms with E-state index in [2.05, 4.69) is 74.4 Å². The van der Waals surface area contributed by atoms with Crippen LogP contribution < -0.4 is 5.32 Å². The Kier molecular flexibility index (Phi) is 12.2. The zero-order valence-electron chi connectivity index (χ0n) is 31.4. The van der Waals surface area contributed by atoms with E-state index < -0.39 is 5.97 Å². The van der Waals surface area contributed by atoms with Gasteiger partial charge in [-0.05, 0) is 73.3 Å². The van der Waals surface area contributed by atoms with E-state index in [1.165, 1.54) is 0 Å². The highest BCUT2D eigenvalue weighted by atomic mass is 16.4. The monoisotopic (exact) mass is 733 g/mol. The minimum atomic E-state index is -0.705. The van der Waals surface area contributed by atoms with Crippen LogP contribution in [0, 0.1) is 11.8 Å². The molecular weight excluding hydrogens is 687 g/mol. The Hall–Kier alpha value is -5.89. The summed E-state index contributed by atoms with van der Waals surface area (Å²) >= 11 is 0. The third kappa shape index (κ3) is 9.81. The van der Waals surface area contributed by atoms with Gasteiger partial charge in [-0.3, -0.25) is 19.5 Å². The maximum absolute atomic E-state index is 13.6. The quantitative estimate of drug-likeness (QED) is 0.0820. The highest BCUT2D eigenvalue weighted by Gasteiger charge is 2.26. The summed E-state index contributed by atoms with van der Waals surface area (Å²) in [6.07, 6.45) is 9.68. The molecule has 2 aromatic heterocycles. The van der Waals surface area contributed by atoms with Gasteiger partial charge in [0, 0.05) is 80.0 Å². The standard InChI is InChI=1S/C45H47N7O3/c1-46-44-39-22-25-52(32-41(39)48-43(49-44)38-30-37-9-4-5-10-40(37)47-31-38)45(55)36-20-18-35(19-21-36)17-16-34-14-12-33(13-15-34)8-7-24-51-28-26-50(27-29-51)23-6-2-3-11-42(53)54/h4-5,9-10,12-21,30-31H,2-3,6,11,22-29,32H2,1H3,(H,53,54)(H,46,48,49)/b17-16+. The number of nitrogens with zero attached hydrogens (tertiary/aromatic N) is 6. The predicted molar refractivity (Wildman–Crippen MR) is 218 cm³/mol. The van der Waals surface area contributed by atoms with Crippen molar-refractivity contribution < 1.29 is 14.7 Å². The molecule has 7 rings (SSSR count). The first kappa shape index (κ1) is 37.4. The SMILES string of the molecule is CNc1nc(-c2cnc3ccccc3c2)nc2c1CCN(C(=O)c1ccc(/C=C/c3ccc(C#CCN4CCN(CCCCCC(=O)O)CC4)cc3)cc1)C2. The number of aliphatic carboxylic acids is 1. The Morgan fingerprint density at radius 3 is 2.33 bits per heavy atom. The number of piperazine rings is 1. The highest BCUT2D eigenvalue weighted by Crippen LogP contribution is 2.29. The first-order chi connectivity index (χ1) is 26.9. The maximum Gasteiger partial charge on any atom is 0.303 e. The van der Waals surface area contributed by atoms with Crippen molar-refractivity contribution in [1.82, 2.24) is 29.7 Å². The lowest BCUT2D eigenvalue weighted by Gasteiger charge is -2.33. The summed E-state index contributed by atoms with van der Waals surface area (Å²) in [6.45, 7) is 6.90. The van der Waals surface area contributed by atoms with Crippen LogP contribution in [0.4, 0.5) is 5.82 Å². The van der Waals surface area contributed by atoms with Crippen LogP contribution in [0.3, 0.4) is 0 Å². The molecule has 4 heterocycles. The molecule has 1 saturated heterocycles. The number of pyridine rings is 1.